The third-order valence-electron chi connectivity index (χ3n) is 2.31. The van der Waals surface area contributed by atoms with Gasteiger partial charge in [-0.05, 0) is 31.0 Å². The van der Waals surface area contributed by atoms with Gasteiger partial charge in [-0.2, -0.15) is 0 Å². The molecule has 0 radical (unpaired) electrons. The molecule has 0 aliphatic heterocycles. The van der Waals surface area contributed by atoms with Crippen LogP contribution in [-0.2, 0) is 6.42 Å². The zero-order valence-electron chi connectivity index (χ0n) is 11.1. The molecular formula is C13H21FIN3. The molecular weight excluding hydrogens is 344 g/mol. The molecule has 0 aromatic heterocycles. The van der Waals surface area contributed by atoms with Crippen LogP contribution >= 0.6 is 24.0 Å². The first kappa shape index (κ1) is 17.2. The maximum absolute atomic E-state index is 12.9. The number of hydrogen-bond acceptors (Lipinski definition) is 1. The van der Waals surface area contributed by atoms with E-state index in [-0.39, 0.29) is 29.8 Å². The van der Waals surface area contributed by atoms with Gasteiger partial charge in [-0.25, -0.2) is 4.39 Å². The van der Waals surface area contributed by atoms with Crippen LogP contribution in [0.2, 0.25) is 0 Å². The number of nitrogens with one attached hydrogen (secondary N) is 1. The number of guanidine groups is 1. The van der Waals surface area contributed by atoms with E-state index >= 15 is 0 Å². The molecule has 0 aliphatic rings. The average molecular weight is 365 g/mol. The molecule has 0 fully saturated rings. The standard InChI is InChI=1S/C13H20FN3.HI/c1-4-15-13(17(2)3)16-9-8-11-6-5-7-12(14)10-11;/h5-7,10H,4,8-9H2,1-3H3,(H,15,16);1H. The van der Waals surface area contributed by atoms with Crippen molar-refractivity contribution in [1.29, 1.82) is 0 Å². The van der Waals surface area contributed by atoms with Gasteiger partial charge in [0.05, 0.1) is 0 Å². The van der Waals surface area contributed by atoms with Crippen molar-refractivity contribution in [3.05, 3.63) is 35.6 Å². The Hall–Kier alpha value is -0.850. The predicted molar refractivity (Wildman–Crippen MR) is 85.2 cm³/mol. The van der Waals surface area contributed by atoms with Crippen LogP contribution in [0.15, 0.2) is 29.3 Å². The molecule has 102 valence electrons. The zero-order valence-corrected chi connectivity index (χ0v) is 13.4. The molecule has 0 spiro atoms. The fraction of sp³-hybridized carbons (Fsp3) is 0.462. The summed E-state index contributed by atoms with van der Waals surface area (Å²) in [6.07, 6.45) is 0.750. The van der Waals surface area contributed by atoms with Crippen molar-refractivity contribution in [2.45, 2.75) is 13.3 Å². The summed E-state index contributed by atoms with van der Waals surface area (Å²) >= 11 is 0. The summed E-state index contributed by atoms with van der Waals surface area (Å²) in [7, 11) is 3.90. The second-order valence-electron chi connectivity index (χ2n) is 4.01. The smallest absolute Gasteiger partial charge is 0.193 e. The average Bonchev–Trinajstić information content (AvgIpc) is 2.28. The zero-order chi connectivity index (χ0) is 12.7. The predicted octanol–water partition coefficient (Wildman–Crippen LogP) is 2.51. The maximum atomic E-state index is 12.9. The van der Waals surface area contributed by atoms with Crippen molar-refractivity contribution in [3.8, 4) is 0 Å². The van der Waals surface area contributed by atoms with Crippen molar-refractivity contribution in [3.63, 3.8) is 0 Å². The van der Waals surface area contributed by atoms with Crippen molar-refractivity contribution < 1.29 is 4.39 Å². The summed E-state index contributed by atoms with van der Waals surface area (Å²) in [6, 6.07) is 6.65. The van der Waals surface area contributed by atoms with Crippen LogP contribution in [0.5, 0.6) is 0 Å². The van der Waals surface area contributed by atoms with Gasteiger partial charge >= 0.3 is 0 Å². The molecule has 18 heavy (non-hydrogen) atoms. The van der Waals surface area contributed by atoms with Gasteiger partial charge in [0.25, 0.3) is 0 Å². The highest BCUT2D eigenvalue weighted by Crippen LogP contribution is 2.04. The lowest BCUT2D eigenvalue weighted by Gasteiger charge is -2.16. The first-order valence-electron chi connectivity index (χ1n) is 5.83. The molecule has 1 aromatic rings. The Labute approximate surface area is 126 Å². The van der Waals surface area contributed by atoms with Gasteiger partial charge in [-0.15, -0.1) is 24.0 Å². The molecule has 0 saturated carbocycles. The highest BCUT2D eigenvalue weighted by molar-refractivity contribution is 14.0. The molecule has 0 unspecified atom stereocenters. The summed E-state index contributed by atoms with van der Waals surface area (Å²) in [4.78, 5) is 6.39. The van der Waals surface area contributed by atoms with Gasteiger partial charge in [0, 0.05) is 27.2 Å². The van der Waals surface area contributed by atoms with Crippen molar-refractivity contribution in [2.24, 2.45) is 4.99 Å². The Balaban J connectivity index is 0.00000289. The summed E-state index contributed by atoms with van der Waals surface area (Å²) < 4.78 is 12.9. The molecule has 1 rings (SSSR count). The SMILES string of the molecule is CCNC(=NCCc1cccc(F)c1)N(C)C.I. The Morgan fingerprint density at radius 1 is 1.39 bits per heavy atom. The first-order chi connectivity index (χ1) is 8.13. The Kier molecular flexibility index (Phi) is 8.70. The Morgan fingerprint density at radius 2 is 2.11 bits per heavy atom. The molecule has 1 N–H and O–H groups in total. The number of halogens is 2. The van der Waals surface area contributed by atoms with Gasteiger partial charge in [0.15, 0.2) is 5.96 Å². The summed E-state index contributed by atoms with van der Waals surface area (Å²) in [5.74, 6) is 0.676. The highest BCUT2D eigenvalue weighted by Gasteiger charge is 1.99. The minimum absolute atomic E-state index is 0. The molecule has 0 heterocycles. The molecule has 1 aromatic carbocycles. The molecule has 0 bridgehead atoms. The minimum Gasteiger partial charge on any atom is -0.357 e. The van der Waals surface area contributed by atoms with Crippen LogP contribution in [-0.4, -0.2) is 38.0 Å². The van der Waals surface area contributed by atoms with Gasteiger partial charge < -0.3 is 10.2 Å². The normalized spacial score (nSPS) is 10.8. The Bertz CT molecular complexity index is 380. The highest BCUT2D eigenvalue weighted by atomic mass is 127. The second-order valence-corrected chi connectivity index (χ2v) is 4.01. The first-order valence-corrected chi connectivity index (χ1v) is 5.83. The van der Waals surface area contributed by atoms with Crippen molar-refractivity contribution in [2.75, 3.05) is 27.2 Å². The third kappa shape index (κ3) is 6.18. The van der Waals surface area contributed by atoms with Gasteiger partial charge in [-0.1, -0.05) is 12.1 Å². The lowest BCUT2D eigenvalue weighted by molar-refractivity contribution is 0.583. The van der Waals surface area contributed by atoms with Crippen LogP contribution in [0.25, 0.3) is 0 Å². The molecule has 0 saturated heterocycles. The number of aliphatic imine (C=N–C) groups is 1. The van der Waals surface area contributed by atoms with E-state index in [0.717, 1.165) is 24.5 Å². The van der Waals surface area contributed by atoms with Crippen LogP contribution < -0.4 is 5.32 Å². The van der Waals surface area contributed by atoms with Crippen LogP contribution in [0, 0.1) is 5.82 Å². The third-order valence-corrected chi connectivity index (χ3v) is 2.31. The van der Waals surface area contributed by atoms with E-state index in [4.69, 9.17) is 0 Å². The molecule has 3 nitrogen and oxygen atoms in total. The van der Waals surface area contributed by atoms with Crippen LogP contribution in [0.4, 0.5) is 4.39 Å². The van der Waals surface area contributed by atoms with E-state index in [9.17, 15) is 4.39 Å². The van der Waals surface area contributed by atoms with Crippen molar-refractivity contribution >= 4 is 29.9 Å². The van der Waals surface area contributed by atoms with Crippen LogP contribution in [0.1, 0.15) is 12.5 Å². The quantitative estimate of drug-likeness (QED) is 0.505. The minimum atomic E-state index is -0.189. The fourth-order valence-corrected chi connectivity index (χ4v) is 1.50. The summed E-state index contributed by atoms with van der Waals surface area (Å²) in [5.41, 5.74) is 0.975. The van der Waals surface area contributed by atoms with Gasteiger partial charge in [-0.3, -0.25) is 4.99 Å². The maximum Gasteiger partial charge on any atom is 0.193 e. The molecule has 5 heteroatoms. The number of nitrogens with zero attached hydrogens (tertiary/aromatic N) is 2. The van der Waals surface area contributed by atoms with E-state index in [1.54, 1.807) is 12.1 Å². The van der Waals surface area contributed by atoms with Crippen molar-refractivity contribution in [1.82, 2.24) is 10.2 Å². The van der Waals surface area contributed by atoms with E-state index < -0.39 is 0 Å². The van der Waals surface area contributed by atoms with E-state index in [1.807, 2.05) is 32.0 Å². The monoisotopic (exact) mass is 365 g/mol. The van der Waals surface area contributed by atoms with E-state index in [2.05, 4.69) is 10.3 Å². The summed E-state index contributed by atoms with van der Waals surface area (Å²) in [6.45, 7) is 3.53. The summed E-state index contributed by atoms with van der Waals surface area (Å²) in [5, 5.41) is 3.18. The number of benzene rings is 1. The lowest BCUT2D eigenvalue weighted by Crippen LogP contribution is -2.36. The number of rotatable bonds is 4. The fourth-order valence-electron chi connectivity index (χ4n) is 1.50. The Morgan fingerprint density at radius 3 is 2.67 bits per heavy atom. The largest absolute Gasteiger partial charge is 0.357 e. The van der Waals surface area contributed by atoms with E-state index in [1.165, 1.54) is 6.07 Å². The number of hydrogen-bond donors (Lipinski definition) is 1. The topological polar surface area (TPSA) is 27.6 Å². The van der Waals surface area contributed by atoms with Gasteiger partial charge in [0.1, 0.15) is 5.82 Å². The molecule has 0 atom stereocenters. The molecule has 0 aliphatic carbocycles. The van der Waals surface area contributed by atoms with Gasteiger partial charge in [0.2, 0.25) is 0 Å². The second kappa shape index (κ2) is 9.13. The lowest BCUT2D eigenvalue weighted by atomic mass is 10.1. The molecule has 0 amide bonds. The van der Waals surface area contributed by atoms with Crippen LogP contribution in [0.3, 0.4) is 0 Å². The van der Waals surface area contributed by atoms with E-state index in [0.29, 0.717) is 6.54 Å².